The van der Waals surface area contributed by atoms with E-state index in [2.05, 4.69) is 5.43 Å². The standard InChI is InChI=1S/C13H24N2O6/c1-8(9(16)17)15(11(19)21-13(5,6)7)14-10(18)20-12(2,3)4/h8H,1-7H3,(H,14,18)(H,16,17)/t8-/m0/s1. The van der Waals surface area contributed by atoms with Gasteiger partial charge in [0.15, 0.2) is 6.04 Å². The molecular formula is C13H24N2O6. The van der Waals surface area contributed by atoms with Crippen molar-refractivity contribution in [1.82, 2.24) is 10.4 Å². The summed E-state index contributed by atoms with van der Waals surface area (Å²) in [6.07, 6.45) is -1.93. The Morgan fingerprint density at radius 1 is 1.00 bits per heavy atom. The quantitative estimate of drug-likeness (QED) is 0.757. The zero-order chi connectivity index (χ0) is 17.0. The van der Waals surface area contributed by atoms with Crippen molar-refractivity contribution in [3.63, 3.8) is 0 Å². The minimum atomic E-state index is -1.31. The number of hydrogen-bond donors (Lipinski definition) is 2. The van der Waals surface area contributed by atoms with Gasteiger partial charge in [-0.2, -0.15) is 0 Å². The van der Waals surface area contributed by atoms with Gasteiger partial charge >= 0.3 is 18.2 Å². The van der Waals surface area contributed by atoms with Crippen LogP contribution in [0.15, 0.2) is 0 Å². The van der Waals surface area contributed by atoms with Gasteiger partial charge in [0.05, 0.1) is 0 Å². The molecule has 0 aliphatic carbocycles. The van der Waals surface area contributed by atoms with Crippen molar-refractivity contribution in [2.45, 2.75) is 65.7 Å². The third-order valence-electron chi connectivity index (χ3n) is 1.95. The van der Waals surface area contributed by atoms with Gasteiger partial charge in [0.25, 0.3) is 0 Å². The fraction of sp³-hybridized carbons (Fsp3) is 0.769. The van der Waals surface area contributed by atoms with Gasteiger partial charge in [-0.3, -0.25) is 0 Å². The first-order chi connectivity index (χ1) is 9.23. The normalized spacial score (nSPS) is 13.1. The Kier molecular flexibility index (Phi) is 6.01. The summed E-state index contributed by atoms with van der Waals surface area (Å²) in [4.78, 5) is 34.7. The van der Waals surface area contributed by atoms with Crippen LogP contribution in [0.4, 0.5) is 9.59 Å². The molecule has 1 atom stereocenters. The first-order valence-electron chi connectivity index (χ1n) is 6.47. The topological polar surface area (TPSA) is 105 Å². The van der Waals surface area contributed by atoms with Crippen LogP contribution in [0.1, 0.15) is 48.5 Å². The summed E-state index contributed by atoms with van der Waals surface area (Å²) in [6.45, 7) is 11.1. The van der Waals surface area contributed by atoms with Crippen molar-refractivity contribution in [2.75, 3.05) is 0 Å². The molecule has 21 heavy (non-hydrogen) atoms. The Morgan fingerprint density at radius 2 is 1.43 bits per heavy atom. The van der Waals surface area contributed by atoms with Gasteiger partial charge in [0.1, 0.15) is 11.2 Å². The molecular weight excluding hydrogens is 280 g/mol. The molecule has 0 fully saturated rings. The van der Waals surface area contributed by atoms with Crippen LogP contribution in [0.3, 0.4) is 0 Å². The molecule has 2 N–H and O–H groups in total. The monoisotopic (exact) mass is 304 g/mol. The summed E-state index contributed by atoms with van der Waals surface area (Å²) >= 11 is 0. The molecule has 8 nitrogen and oxygen atoms in total. The van der Waals surface area contributed by atoms with Crippen LogP contribution < -0.4 is 5.43 Å². The first kappa shape index (κ1) is 19.0. The van der Waals surface area contributed by atoms with Crippen molar-refractivity contribution < 1.29 is 29.0 Å². The summed E-state index contributed by atoms with van der Waals surface area (Å²) in [6, 6.07) is -1.31. The highest BCUT2D eigenvalue weighted by Crippen LogP contribution is 2.12. The van der Waals surface area contributed by atoms with E-state index in [1.807, 2.05) is 0 Å². The molecule has 0 aliphatic rings. The van der Waals surface area contributed by atoms with E-state index in [-0.39, 0.29) is 0 Å². The maximum absolute atomic E-state index is 12.0. The first-order valence-corrected chi connectivity index (χ1v) is 6.47. The molecule has 2 amide bonds. The third kappa shape index (κ3) is 8.01. The van der Waals surface area contributed by atoms with Gasteiger partial charge in [-0.05, 0) is 48.5 Å². The average molecular weight is 304 g/mol. The van der Waals surface area contributed by atoms with E-state index < -0.39 is 35.4 Å². The highest BCUT2D eigenvalue weighted by molar-refractivity contribution is 5.81. The van der Waals surface area contributed by atoms with Gasteiger partial charge < -0.3 is 14.6 Å². The third-order valence-corrected chi connectivity index (χ3v) is 1.95. The molecule has 0 rings (SSSR count). The molecule has 0 aromatic heterocycles. The molecule has 0 saturated heterocycles. The Hall–Kier alpha value is -1.99. The number of nitrogens with one attached hydrogen (secondary N) is 1. The van der Waals surface area contributed by atoms with Gasteiger partial charge in [-0.25, -0.2) is 24.8 Å². The molecule has 0 unspecified atom stereocenters. The van der Waals surface area contributed by atoms with Crippen molar-refractivity contribution >= 4 is 18.2 Å². The van der Waals surface area contributed by atoms with Crippen LogP contribution in [-0.4, -0.2) is 45.5 Å². The summed E-state index contributed by atoms with van der Waals surface area (Å²) in [5.41, 5.74) is 0.482. The second-order valence-corrected chi connectivity index (χ2v) is 6.48. The van der Waals surface area contributed by atoms with E-state index in [0.717, 1.165) is 0 Å². The Bertz CT molecular complexity index is 408. The van der Waals surface area contributed by atoms with Crippen molar-refractivity contribution in [2.24, 2.45) is 0 Å². The largest absolute Gasteiger partial charge is 0.480 e. The van der Waals surface area contributed by atoms with Crippen LogP contribution in [0.5, 0.6) is 0 Å². The SMILES string of the molecule is C[C@@H](C(=O)O)N(NC(=O)OC(C)(C)C)C(=O)OC(C)(C)C. The molecule has 8 heteroatoms. The molecule has 0 spiro atoms. The fourth-order valence-corrected chi connectivity index (χ4v) is 1.12. The number of carboxylic acids is 1. The summed E-state index contributed by atoms with van der Waals surface area (Å²) in [7, 11) is 0. The summed E-state index contributed by atoms with van der Waals surface area (Å²) < 4.78 is 10.0. The zero-order valence-corrected chi connectivity index (χ0v) is 13.5. The van der Waals surface area contributed by atoms with Crippen LogP contribution >= 0.6 is 0 Å². The van der Waals surface area contributed by atoms with E-state index >= 15 is 0 Å². The molecule has 0 aromatic rings. The molecule has 0 radical (unpaired) electrons. The minimum absolute atomic E-state index is 0.585. The highest BCUT2D eigenvalue weighted by atomic mass is 16.6. The van der Waals surface area contributed by atoms with Crippen LogP contribution in [0, 0.1) is 0 Å². The lowest BCUT2D eigenvalue weighted by Gasteiger charge is -2.30. The lowest BCUT2D eigenvalue weighted by molar-refractivity contribution is -0.143. The number of ether oxygens (including phenoxy) is 2. The number of carbonyl (C=O) groups excluding carboxylic acids is 2. The number of carbonyl (C=O) groups is 3. The molecule has 0 heterocycles. The van der Waals surface area contributed by atoms with Crippen molar-refractivity contribution in [1.29, 1.82) is 0 Å². The van der Waals surface area contributed by atoms with Gasteiger partial charge in [0, 0.05) is 0 Å². The predicted molar refractivity (Wildman–Crippen MR) is 74.5 cm³/mol. The minimum Gasteiger partial charge on any atom is -0.480 e. The van der Waals surface area contributed by atoms with E-state index in [4.69, 9.17) is 14.6 Å². The van der Waals surface area contributed by atoms with E-state index in [1.165, 1.54) is 6.92 Å². The van der Waals surface area contributed by atoms with E-state index in [1.54, 1.807) is 41.5 Å². The maximum atomic E-state index is 12.0. The van der Waals surface area contributed by atoms with Gasteiger partial charge in [0.2, 0.25) is 0 Å². The number of rotatable bonds is 2. The second kappa shape index (κ2) is 6.64. The van der Waals surface area contributed by atoms with Gasteiger partial charge in [-0.15, -0.1) is 0 Å². The number of aliphatic carboxylic acids is 1. The molecule has 0 saturated carbocycles. The molecule has 0 aliphatic heterocycles. The van der Waals surface area contributed by atoms with Crippen LogP contribution in [-0.2, 0) is 14.3 Å². The lowest BCUT2D eigenvalue weighted by atomic mass is 10.2. The second-order valence-electron chi connectivity index (χ2n) is 6.48. The zero-order valence-electron chi connectivity index (χ0n) is 13.5. The number of nitrogens with zero attached hydrogens (tertiary/aromatic N) is 1. The van der Waals surface area contributed by atoms with E-state index in [0.29, 0.717) is 5.01 Å². The van der Waals surface area contributed by atoms with Crippen molar-refractivity contribution in [3.05, 3.63) is 0 Å². The summed E-state index contributed by atoms with van der Waals surface area (Å²) in [5.74, 6) is -1.29. The number of hydrogen-bond acceptors (Lipinski definition) is 5. The number of amides is 2. The highest BCUT2D eigenvalue weighted by Gasteiger charge is 2.32. The summed E-state index contributed by atoms with van der Waals surface area (Å²) in [5, 5.41) is 9.59. The Labute approximate surface area is 124 Å². The number of hydrazine groups is 1. The average Bonchev–Trinajstić information content (AvgIpc) is 2.19. The number of carboxylic acid groups (broad SMARTS) is 1. The lowest BCUT2D eigenvalue weighted by Crippen LogP contribution is -2.55. The molecule has 0 bridgehead atoms. The van der Waals surface area contributed by atoms with Crippen LogP contribution in [0.25, 0.3) is 0 Å². The Balaban J connectivity index is 5.04. The molecule has 0 aromatic carbocycles. The van der Waals surface area contributed by atoms with Gasteiger partial charge in [-0.1, -0.05) is 0 Å². The Morgan fingerprint density at radius 3 is 1.76 bits per heavy atom. The fourth-order valence-electron chi connectivity index (χ4n) is 1.12. The maximum Gasteiger partial charge on any atom is 0.430 e. The smallest absolute Gasteiger partial charge is 0.430 e. The predicted octanol–water partition coefficient (Wildman–Crippen LogP) is 2.14. The van der Waals surface area contributed by atoms with Crippen LogP contribution in [0.2, 0.25) is 0 Å². The van der Waals surface area contributed by atoms with Crippen molar-refractivity contribution in [3.8, 4) is 0 Å². The molecule has 122 valence electrons. The van der Waals surface area contributed by atoms with E-state index in [9.17, 15) is 14.4 Å².